The SMILES string of the molecule is CC(C)C(=O)Nc1ccc(N2CCN(Cc3ccc4c(c3)OCO4)CC2)nc1. The van der Waals surface area contributed by atoms with Crippen molar-refractivity contribution in [3.63, 3.8) is 0 Å². The number of rotatable bonds is 5. The summed E-state index contributed by atoms with van der Waals surface area (Å²) in [6, 6.07) is 10.1. The molecule has 0 radical (unpaired) electrons. The number of carbonyl (C=O) groups excluding carboxylic acids is 1. The smallest absolute Gasteiger partial charge is 0.231 e. The van der Waals surface area contributed by atoms with Crippen molar-refractivity contribution in [1.29, 1.82) is 0 Å². The predicted molar refractivity (Wildman–Crippen MR) is 108 cm³/mol. The molecule has 1 fully saturated rings. The normalized spacial score (nSPS) is 16.5. The van der Waals surface area contributed by atoms with E-state index in [0.29, 0.717) is 6.79 Å². The van der Waals surface area contributed by atoms with Gasteiger partial charge in [-0.1, -0.05) is 19.9 Å². The van der Waals surface area contributed by atoms with Crippen LogP contribution in [0.1, 0.15) is 19.4 Å². The topological polar surface area (TPSA) is 66.9 Å². The summed E-state index contributed by atoms with van der Waals surface area (Å²) in [7, 11) is 0. The van der Waals surface area contributed by atoms with Gasteiger partial charge in [0, 0.05) is 38.6 Å². The zero-order valence-corrected chi connectivity index (χ0v) is 16.4. The molecule has 0 unspecified atom stereocenters. The molecule has 0 saturated carbocycles. The van der Waals surface area contributed by atoms with E-state index >= 15 is 0 Å². The first-order valence-corrected chi connectivity index (χ1v) is 9.71. The first-order chi connectivity index (χ1) is 13.6. The highest BCUT2D eigenvalue weighted by Crippen LogP contribution is 2.32. The molecule has 148 valence electrons. The molecule has 1 aromatic heterocycles. The van der Waals surface area contributed by atoms with Crippen molar-refractivity contribution in [3.05, 3.63) is 42.1 Å². The molecular weight excluding hydrogens is 356 g/mol. The number of hydrogen-bond donors (Lipinski definition) is 1. The Morgan fingerprint density at radius 3 is 2.61 bits per heavy atom. The monoisotopic (exact) mass is 382 g/mol. The van der Waals surface area contributed by atoms with E-state index in [2.05, 4.69) is 32.2 Å². The molecule has 1 amide bonds. The van der Waals surface area contributed by atoms with Crippen molar-refractivity contribution >= 4 is 17.4 Å². The Morgan fingerprint density at radius 1 is 1.11 bits per heavy atom. The summed E-state index contributed by atoms with van der Waals surface area (Å²) in [4.78, 5) is 21.0. The molecule has 28 heavy (non-hydrogen) atoms. The summed E-state index contributed by atoms with van der Waals surface area (Å²) in [5.74, 6) is 2.58. The van der Waals surface area contributed by atoms with Gasteiger partial charge in [0.05, 0.1) is 11.9 Å². The summed E-state index contributed by atoms with van der Waals surface area (Å²) >= 11 is 0. The third kappa shape index (κ3) is 4.20. The third-order valence-corrected chi connectivity index (χ3v) is 5.08. The van der Waals surface area contributed by atoms with Crippen molar-refractivity contribution in [3.8, 4) is 11.5 Å². The number of carbonyl (C=O) groups is 1. The molecule has 1 N–H and O–H groups in total. The molecule has 0 atom stereocenters. The molecule has 1 aromatic carbocycles. The Balaban J connectivity index is 1.29. The largest absolute Gasteiger partial charge is 0.454 e. The van der Waals surface area contributed by atoms with Crippen LogP contribution in [0.5, 0.6) is 11.5 Å². The molecule has 2 aromatic rings. The number of pyridine rings is 1. The first kappa shape index (κ1) is 18.6. The molecule has 7 nitrogen and oxygen atoms in total. The van der Waals surface area contributed by atoms with Crippen LogP contribution in [-0.4, -0.2) is 48.8 Å². The standard InChI is InChI=1S/C21H26N4O3/c1-15(2)21(26)23-17-4-6-20(22-12-17)25-9-7-24(8-10-25)13-16-3-5-18-19(11-16)28-14-27-18/h3-6,11-12,15H,7-10,13-14H2,1-2H3,(H,23,26). The minimum Gasteiger partial charge on any atom is -0.454 e. The molecule has 0 spiro atoms. The van der Waals surface area contributed by atoms with Crippen LogP contribution >= 0.6 is 0 Å². The van der Waals surface area contributed by atoms with E-state index in [1.165, 1.54) is 5.56 Å². The number of hydrogen-bond acceptors (Lipinski definition) is 6. The molecule has 2 aliphatic rings. The Morgan fingerprint density at radius 2 is 1.89 bits per heavy atom. The zero-order chi connectivity index (χ0) is 19.5. The average molecular weight is 382 g/mol. The van der Waals surface area contributed by atoms with Crippen LogP contribution in [0.4, 0.5) is 11.5 Å². The Labute approximate surface area is 165 Å². The van der Waals surface area contributed by atoms with Gasteiger partial charge in [-0.05, 0) is 29.8 Å². The molecule has 3 heterocycles. The number of fused-ring (bicyclic) bond motifs is 1. The predicted octanol–water partition coefficient (Wildman–Crippen LogP) is 2.73. The second kappa shape index (κ2) is 8.06. The number of benzene rings is 1. The number of amides is 1. The van der Waals surface area contributed by atoms with Gasteiger partial charge in [-0.3, -0.25) is 9.69 Å². The number of aromatic nitrogens is 1. The first-order valence-electron chi connectivity index (χ1n) is 9.71. The highest BCUT2D eigenvalue weighted by Gasteiger charge is 2.20. The number of nitrogens with one attached hydrogen (secondary N) is 1. The number of anilines is 2. The fourth-order valence-corrected chi connectivity index (χ4v) is 3.37. The van der Waals surface area contributed by atoms with Crippen LogP contribution < -0.4 is 19.7 Å². The molecule has 0 aliphatic carbocycles. The van der Waals surface area contributed by atoms with Gasteiger partial charge >= 0.3 is 0 Å². The lowest BCUT2D eigenvalue weighted by Crippen LogP contribution is -2.46. The van der Waals surface area contributed by atoms with Gasteiger partial charge in [0.1, 0.15) is 5.82 Å². The molecule has 1 saturated heterocycles. The highest BCUT2D eigenvalue weighted by atomic mass is 16.7. The van der Waals surface area contributed by atoms with Gasteiger partial charge in [0.25, 0.3) is 0 Å². The Hall–Kier alpha value is -2.80. The summed E-state index contributed by atoms with van der Waals surface area (Å²) in [6.07, 6.45) is 1.73. The number of ether oxygens (including phenoxy) is 2. The lowest BCUT2D eigenvalue weighted by molar-refractivity contribution is -0.118. The molecular formula is C21H26N4O3. The van der Waals surface area contributed by atoms with Crippen LogP contribution in [0, 0.1) is 5.92 Å². The Kier molecular flexibility index (Phi) is 5.34. The minimum absolute atomic E-state index is 0.00619. The van der Waals surface area contributed by atoms with E-state index in [-0.39, 0.29) is 11.8 Å². The van der Waals surface area contributed by atoms with Crippen LogP contribution in [0.2, 0.25) is 0 Å². The maximum atomic E-state index is 11.8. The summed E-state index contributed by atoms with van der Waals surface area (Å²) in [5.41, 5.74) is 1.98. The lowest BCUT2D eigenvalue weighted by Gasteiger charge is -2.35. The maximum absolute atomic E-state index is 11.8. The number of piperazine rings is 1. The van der Waals surface area contributed by atoms with E-state index in [4.69, 9.17) is 9.47 Å². The van der Waals surface area contributed by atoms with Crippen molar-refractivity contribution in [2.75, 3.05) is 43.2 Å². The van der Waals surface area contributed by atoms with E-state index < -0.39 is 0 Å². The van der Waals surface area contributed by atoms with Gasteiger partial charge < -0.3 is 19.7 Å². The van der Waals surface area contributed by atoms with Gasteiger partial charge in [-0.25, -0.2) is 4.98 Å². The Bertz CT molecular complexity index is 830. The zero-order valence-electron chi connectivity index (χ0n) is 16.4. The second-order valence-electron chi connectivity index (χ2n) is 7.50. The molecule has 2 aliphatic heterocycles. The van der Waals surface area contributed by atoms with Crippen molar-refractivity contribution in [2.45, 2.75) is 20.4 Å². The molecule has 0 bridgehead atoms. The summed E-state index contributed by atoms with van der Waals surface area (Å²) in [6.45, 7) is 8.76. The van der Waals surface area contributed by atoms with Crippen LogP contribution in [0.15, 0.2) is 36.5 Å². The van der Waals surface area contributed by atoms with Crippen LogP contribution in [0.25, 0.3) is 0 Å². The lowest BCUT2D eigenvalue weighted by atomic mass is 10.1. The van der Waals surface area contributed by atoms with E-state index in [1.807, 2.05) is 32.0 Å². The van der Waals surface area contributed by atoms with Gasteiger partial charge in [0.2, 0.25) is 12.7 Å². The van der Waals surface area contributed by atoms with Crippen molar-refractivity contribution in [1.82, 2.24) is 9.88 Å². The fraction of sp³-hybridized carbons (Fsp3) is 0.429. The third-order valence-electron chi connectivity index (χ3n) is 5.08. The van der Waals surface area contributed by atoms with Crippen molar-refractivity contribution in [2.24, 2.45) is 5.92 Å². The second-order valence-corrected chi connectivity index (χ2v) is 7.50. The number of nitrogens with zero attached hydrogens (tertiary/aromatic N) is 3. The van der Waals surface area contributed by atoms with E-state index in [0.717, 1.165) is 55.7 Å². The highest BCUT2D eigenvalue weighted by molar-refractivity contribution is 5.91. The summed E-state index contributed by atoms with van der Waals surface area (Å²) in [5, 5.41) is 2.88. The molecule has 4 rings (SSSR count). The van der Waals surface area contributed by atoms with E-state index in [1.54, 1.807) is 6.20 Å². The van der Waals surface area contributed by atoms with Gasteiger partial charge in [-0.2, -0.15) is 0 Å². The molecule has 7 heteroatoms. The average Bonchev–Trinajstić information content (AvgIpc) is 3.17. The van der Waals surface area contributed by atoms with Crippen LogP contribution in [-0.2, 0) is 11.3 Å². The van der Waals surface area contributed by atoms with Gasteiger partial charge in [0.15, 0.2) is 11.5 Å². The quantitative estimate of drug-likeness (QED) is 0.858. The maximum Gasteiger partial charge on any atom is 0.231 e. The van der Waals surface area contributed by atoms with E-state index in [9.17, 15) is 4.79 Å². The summed E-state index contributed by atoms with van der Waals surface area (Å²) < 4.78 is 10.8. The van der Waals surface area contributed by atoms with Crippen LogP contribution in [0.3, 0.4) is 0 Å². The van der Waals surface area contributed by atoms with Gasteiger partial charge in [-0.15, -0.1) is 0 Å². The minimum atomic E-state index is -0.0440. The fourth-order valence-electron chi connectivity index (χ4n) is 3.37. The van der Waals surface area contributed by atoms with Crippen molar-refractivity contribution < 1.29 is 14.3 Å².